The lowest BCUT2D eigenvalue weighted by atomic mass is 9.95. The average molecular weight is 298 g/mol. The van der Waals surface area contributed by atoms with Gasteiger partial charge >= 0.3 is 0 Å². The summed E-state index contributed by atoms with van der Waals surface area (Å²) >= 11 is 3.48. The van der Waals surface area contributed by atoms with Crippen LogP contribution >= 0.6 is 15.9 Å². The molecule has 0 aliphatic carbocycles. The lowest BCUT2D eigenvalue weighted by Crippen LogP contribution is -2.41. The second kappa shape index (κ2) is 5.34. The highest BCUT2D eigenvalue weighted by molar-refractivity contribution is 9.10. The van der Waals surface area contributed by atoms with Gasteiger partial charge in [-0.05, 0) is 41.6 Å². The third-order valence-electron chi connectivity index (χ3n) is 3.46. The molecule has 1 aliphatic heterocycles. The van der Waals surface area contributed by atoms with E-state index in [1.165, 1.54) is 12.8 Å². The second-order valence-corrected chi connectivity index (χ2v) is 5.82. The van der Waals surface area contributed by atoms with Crippen molar-refractivity contribution in [1.29, 1.82) is 0 Å². The van der Waals surface area contributed by atoms with Crippen LogP contribution in [0.1, 0.15) is 39.4 Å². The second-order valence-electron chi connectivity index (χ2n) is 5.00. The van der Waals surface area contributed by atoms with Crippen LogP contribution in [0, 0.1) is 5.92 Å². The van der Waals surface area contributed by atoms with E-state index in [-0.39, 0.29) is 0 Å². The normalized spacial score (nSPS) is 25.1. The van der Waals surface area contributed by atoms with E-state index in [9.17, 15) is 0 Å². The Morgan fingerprint density at radius 1 is 1.35 bits per heavy atom. The quantitative estimate of drug-likeness (QED) is 0.783. The molecule has 0 radical (unpaired) electrons. The summed E-state index contributed by atoms with van der Waals surface area (Å²) in [6.45, 7) is 7.80. The number of nitrogens with zero attached hydrogens (tertiary/aromatic N) is 3. The Balaban J connectivity index is 2.28. The van der Waals surface area contributed by atoms with Gasteiger partial charge < -0.3 is 4.90 Å². The van der Waals surface area contributed by atoms with Crippen LogP contribution < -0.4 is 4.90 Å². The van der Waals surface area contributed by atoms with Crippen LogP contribution in [0.2, 0.25) is 0 Å². The molecule has 94 valence electrons. The summed E-state index contributed by atoms with van der Waals surface area (Å²) in [6.07, 6.45) is 3.46. The van der Waals surface area contributed by atoms with E-state index in [1.54, 1.807) is 0 Å². The van der Waals surface area contributed by atoms with Crippen molar-refractivity contribution in [3.05, 3.63) is 16.5 Å². The molecule has 2 rings (SSSR count). The van der Waals surface area contributed by atoms with Gasteiger partial charge in [0.1, 0.15) is 16.2 Å². The SMILES string of the molecule is CCc1nc(Br)cc(N2CC(C)CCC2C)n1. The first kappa shape index (κ1) is 12.8. The fourth-order valence-electron chi connectivity index (χ4n) is 2.36. The predicted octanol–water partition coefficient (Wildman–Crippen LogP) is 3.43. The van der Waals surface area contributed by atoms with E-state index >= 15 is 0 Å². The molecule has 3 nitrogen and oxygen atoms in total. The molecule has 1 aromatic rings. The largest absolute Gasteiger partial charge is 0.354 e. The number of piperidine rings is 1. The number of aryl methyl sites for hydroxylation is 1. The number of halogens is 1. The zero-order chi connectivity index (χ0) is 12.4. The molecule has 0 amide bonds. The minimum absolute atomic E-state index is 0.581. The van der Waals surface area contributed by atoms with Gasteiger partial charge in [0.2, 0.25) is 0 Å². The van der Waals surface area contributed by atoms with Crippen LogP contribution in [0.15, 0.2) is 10.7 Å². The third kappa shape index (κ3) is 2.97. The summed E-state index contributed by atoms with van der Waals surface area (Å²) in [7, 11) is 0. The molecule has 0 N–H and O–H groups in total. The number of rotatable bonds is 2. The van der Waals surface area contributed by atoms with Crippen molar-refractivity contribution in [2.75, 3.05) is 11.4 Å². The van der Waals surface area contributed by atoms with Gasteiger partial charge in [-0.25, -0.2) is 9.97 Å². The Morgan fingerprint density at radius 3 is 2.82 bits per heavy atom. The first-order valence-electron chi connectivity index (χ1n) is 6.40. The molecule has 2 unspecified atom stereocenters. The van der Waals surface area contributed by atoms with Crippen molar-refractivity contribution in [2.24, 2.45) is 5.92 Å². The number of hydrogen-bond acceptors (Lipinski definition) is 3. The van der Waals surface area contributed by atoms with Crippen LogP contribution in [-0.2, 0) is 6.42 Å². The molecule has 0 aromatic carbocycles. The number of hydrogen-bond donors (Lipinski definition) is 0. The highest BCUT2D eigenvalue weighted by Gasteiger charge is 2.24. The monoisotopic (exact) mass is 297 g/mol. The van der Waals surface area contributed by atoms with Crippen LogP contribution in [0.4, 0.5) is 5.82 Å². The minimum Gasteiger partial charge on any atom is -0.354 e. The Bertz CT molecular complexity index is 394. The van der Waals surface area contributed by atoms with Gasteiger partial charge in [0.25, 0.3) is 0 Å². The smallest absolute Gasteiger partial charge is 0.133 e. The highest BCUT2D eigenvalue weighted by atomic mass is 79.9. The maximum Gasteiger partial charge on any atom is 0.133 e. The third-order valence-corrected chi connectivity index (χ3v) is 3.86. The van der Waals surface area contributed by atoms with Crippen molar-refractivity contribution in [3.8, 4) is 0 Å². The van der Waals surface area contributed by atoms with E-state index in [1.807, 2.05) is 6.07 Å². The van der Waals surface area contributed by atoms with Crippen LogP contribution in [0.25, 0.3) is 0 Å². The van der Waals surface area contributed by atoms with E-state index in [0.717, 1.165) is 35.1 Å². The zero-order valence-electron chi connectivity index (χ0n) is 10.8. The Labute approximate surface area is 112 Å². The lowest BCUT2D eigenvalue weighted by Gasteiger charge is -2.37. The van der Waals surface area contributed by atoms with E-state index < -0.39 is 0 Å². The molecule has 0 spiro atoms. The average Bonchev–Trinajstić information content (AvgIpc) is 2.31. The molecule has 1 fully saturated rings. The van der Waals surface area contributed by atoms with Gasteiger partial charge in [0, 0.05) is 25.1 Å². The van der Waals surface area contributed by atoms with Crippen LogP contribution in [0.5, 0.6) is 0 Å². The van der Waals surface area contributed by atoms with E-state index in [2.05, 4.69) is 51.6 Å². The van der Waals surface area contributed by atoms with Gasteiger partial charge in [0.05, 0.1) is 0 Å². The predicted molar refractivity (Wildman–Crippen MR) is 74.3 cm³/mol. The summed E-state index contributed by atoms with van der Waals surface area (Å²) in [5.74, 6) is 2.74. The van der Waals surface area contributed by atoms with Crippen LogP contribution in [-0.4, -0.2) is 22.6 Å². The van der Waals surface area contributed by atoms with Gasteiger partial charge in [-0.2, -0.15) is 0 Å². The molecule has 0 saturated carbocycles. The van der Waals surface area contributed by atoms with Crippen molar-refractivity contribution < 1.29 is 0 Å². The maximum atomic E-state index is 4.65. The standard InChI is InChI=1S/C13H20BrN3/c1-4-12-15-11(14)7-13(16-12)17-8-9(2)5-6-10(17)3/h7,9-10H,4-6,8H2,1-3H3. The van der Waals surface area contributed by atoms with Gasteiger partial charge in [-0.15, -0.1) is 0 Å². The fraction of sp³-hybridized carbons (Fsp3) is 0.692. The first-order chi connectivity index (χ1) is 8.10. The molecule has 1 saturated heterocycles. The fourth-order valence-corrected chi connectivity index (χ4v) is 2.77. The summed E-state index contributed by atoms with van der Waals surface area (Å²) in [5, 5.41) is 0. The Kier molecular flexibility index (Phi) is 4.02. The summed E-state index contributed by atoms with van der Waals surface area (Å²) < 4.78 is 0.893. The van der Waals surface area contributed by atoms with Crippen LogP contribution in [0.3, 0.4) is 0 Å². The molecule has 0 bridgehead atoms. The van der Waals surface area contributed by atoms with E-state index in [0.29, 0.717) is 6.04 Å². The van der Waals surface area contributed by atoms with Crippen molar-refractivity contribution in [1.82, 2.24) is 9.97 Å². The lowest BCUT2D eigenvalue weighted by molar-refractivity contribution is 0.387. The minimum atomic E-state index is 0.581. The van der Waals surface area contributed by atoms with Crippen molar-refractivity contribution in [3.63, 3.8) is 0 Å². The molecular formula is C13H20BrN3. The van der Waals surface area contributed by atoms with Gasteiger partial charge in [0.15, 0.2) is 0 Å². The molecule has 4 heteroatoms. The van der Waals surface area contributed by atoms with Gasteiger partial charge in [-0.1, -0.05) is 13.8 Å². The molecule has 1 aromatic heterocycles. The molecule has 2 heterocycles. The van der Waals surface area contributed by atoms with Gasteiger partial charge in [-0.3, -0.25) is 0 Å². The summed E-state index contributed by atoms with van der Waals surface area (Å²) in [6, 6.07) is 2.62. The molecular weight excluding hydrogens is 278 g/mol. The first-order valence-corrected chi connectivity index (χ1v) is 7.19. The maximum absolute atomic E-state index is 4.65. The number of anilines is 1. The molecule has 17 heavy (non-hydrogen) atoms. The topological polar surface area (TPSA) is 29.0 Å². The molecule has 1 aliphatic rings. The zero-order valence-corrected chi connectivity index (χ0v) is 12.4. The number of aromatic nitrogens is 2. The summed E-state index contributed by atoms with van der Waals surface area (Å²) in [5.41, 5.74) is 0. The highest BCUT2D eigenvalue weighted by Crippen LogP contribution is 2.27. The molecule has 2 atom stereocenters. The van der Waals surface area contributed by atoms with Crippen molar-refractivity contribution in [2.45, 2.75) is 46.1 Å². The van der Waals surface area contributed by atoms with E-state index in [4.69, 9.17) is 0 Å². The van der Waals surface area contributed by atoms with Crippen molar-refractivity contribution >= 4 is 21.7 Å². The Hall–Kier alpha value is -0.640. The summed E-state index contributed by atoms with van der Waals surface area (Å²) in [4.78, 5) is 11.4. The Morgan fingerprint density at radius 2 is 2.12 bits per heavy atom.